The van der Waals surface area contributed by atoms with Gasteiger partial charge in [-0.1, -0.05) is 0 Å². The van der Waals surface area contributed by atoms with Crippen LogP contribution in [-0.4, -0.2) is 9.78 Å². The Balaban J connectivity index is 2.24. The molecule has 0 aliphatic carbocycles. The van der Waals surface area contributed by atoms with Crippen LogP contribution in [0.4, 0.5) is 4.39 Å². The van der Waals surface area contributed by atoms with Gasteiger partial charge in [0.05, 0.1) is 24.0 Å². The quantitative estimate of drug-likeness (QED) is 0.816. The van der Waals surface area contributed by atoms with Crippen molar-refractivity contribution in [1.82, 2.24) is 9.78 Å². The first-order valence-corrected chi connectivity index (χ1v) is 5.12. The second-order valence-electron chi connectivity index (χ2n) is 3.42. The molecule has 0 saturated heterocycles. The Bertz CT molecular complexity index is 571. The van der Waals surface area contributed by atoms with Gasteiger partial charge in [-0.05, 0) is 19.1 Å². The van der Waals surface area contributed by atoms with E-state index in [1.807, 2.05) is 13.0 Å². The summed E-state index contributed by atoms with van der Waals surface area (Å²) < 4.78 is 20.2. The van der Waals surface area contributed by atoms with E-state index in [9.17, 15) is 4.39 Å². The Morgan fingerprint density at radius 3 is 2.88 bits per heavy atom. The smallest absolute Gasteiger partial charge is 0.165 e. The molecule has 2 aromatic rings. The van der Waals surface area contributed by atoms with Gasteiger partial charge in [0.25, 0.3) is 0 Å². The monoisotopic (exact) mass is 231 g/mol. The number of rotatable bonds is 3. The predicted molar refractivity (Wildman–Crippen MR) is 59.1 cm³/mol. The molecule has 4 nitrogen and oxygen atoms in total. The minimum Gasteiger partial charge on any atom is -0.454 e. The van der Waals surface area contributed by atoms with Crippen LogP contribution in [0.5, 0.6) is 11.5 Å². The lowest BCUT2D eigenvalue weighted by Gasteiger charge is -2.03. The van der Waals surface area contributed by atoms with E-state index in [0.29, 0.717) is 5.75 Å². The van der Waals surface area contributed by atoms with E-state index < -0.39 is 5.82 Å². The van der Waals surface area contributed by atoms with Gasteiger partial charge in [-0.25, -0.2) is 4.39 Å². The lowest BCUT2D eigenvalue weighted by Crippen LogP contribution is -1.92. The standard InChI is InChI=1S/C12H10FN3O/c1-2-16-8-12(7-15-16)17-11-4-9(6-14)3-10(13)5-11/h3-5,7-8H,2H2,1H3. The van der Waals surface area contributed by atoms with Crippen molar-refractivity contribution in [2.45, 2.75) is 13.5 Å². The van der Waals surface area contributed by atoms with Crippen molar-refractivity contribution in [2.75, 3.05) is 0 Å². The average molecular weight is 231 g/mol. The number of hydrogen-bond donors (Lipinski definition) is 0. The minimum atomic E-state index is -0.498. The summed E-state index contributed by atoms with van der Waals surface area (Å²) >= 11 is 0. The van der Waals surface area contributed by atoms with E-state index >= 15 is 0 Å². The first-order chi connectivity index (χ1) is 8.21. The van der Waals surface area contributed by atoms with Crippen molar-refractivity contribution in [3.63, 3.8) is 0 Å². The van der Waals surface area contributed by atoms with Crippen LogP contribution in [0.2, 0.25) is 0 Å². The summed E-state index contributed by atoms with van der Waals surface area (Å²) in [5.74, 6) is 0.306. The molecule has 0 radical (unpaired) electrons. The summed E-state index contributed by atoms with van der Waals surface area (Å²) in [6.07, 6.45) is 3.25. The number of halogens is 1. The summed E-state index contributed by atoms with van der Waals surface area (Å²) in [6, 6.07) is 5.73. The van der Waals surface area contributed by atoms with Gasteiger partial charge in [-0.15, -0.1) is 0 Å². The van der Waals surface area contributed by atoms with Crippen LogP contribution in [0.1, 0.15) is 12.5 Å². The van der Waals surface area contributed by atoms with Crippen LogP contribution < -0.4 is 4.74 Å². The largest absolute Gasteiger partial charge is 0.454 e. The lowest BCUT2D eigenvalue weighted by atomic mass is 10.2. The molecule has 0 aliphatic rings. The van der Waals surface area contributed by atoms with Gasteiger partial charge < -0.3 is 4.74 Å². The van der Waals surface area contributed by atoms with Gasteiger partial charge in [-0.2, -0.15) is 10.4 Å². The lowest BCUT2D eigenvalue weighted by molar-refractivity contribution is 0.475. The van der Waals surface area contributed by atoms with Crippen molar-refractivity contribution in [3.8, 4) is 17.6 Å². The number of nitrogens with zero attached hydrogens (tertiary/aromatic N) is 3. The highest BCUT2D eigenvalue weighted by Gasteiger charge is 2.04. The van der Waals surface area contributed by atoms with Crippen LogP contribution in [0.25, 0.3) is 0 Å². The predicted octanol–water partition coefficient (Wildman–Crippen LogP) is 2.71. The zero-order valence-electron chi connectivity index (χ0n) is 9.22. The van der Waals surface area contributed by atoms with Crippen molar-refractivity contribution in [1.29, 1.82) is 5.26 Å². The summed E-state index contributed by atoms with van der Waals surface area (Å²) in [7, 11) is 0. The Hall–Kier alpha value is -2.35. The molecule has 1 aromatic heterocycles. The van der Waals surface area contributed by atoms with E-state index in [2.05, 4.69) is 5.10 Å². The fraction of sp³-hybridized carbons (Fsp3) is 0.167. The van der Waals surface area contributed by atoms with Gasteiger partial charge in [0.15, 0.2) is 5.75 Å². The van der Waals surface area contributed by atoms with E-state index in [-0.39, 0.29) is 11.3 Å². The van der Waals surface area contributed by atoms with Crippen molar-refractivity contribution >= 4 is 0 Å². The molecule has 17 heavy (non-hydrogen) atoms. The zero-order valence-corrected chi connectivity index (χ0v) is 9.22. The fourth-order valence-electron chi connectivity index (χ4n) is 1.39. The Morgan fingerprint density at radius 2 is 2.24 bits per heavy atom. The molecular formula is C12H10FN3O. The number of nitriles is 1. The van der Waals surface area contributed by atoms with Crippen molar-refractivity contribution in [3.05, 3.63) is 42.0 Å². The molecule has 0 N–H and O–H groups in total. The Morgan fingerprint density at radius 1 is 1.41 bits per heavy atom. The maximum Gasteiger partial charge on any atom is 0.165 e. The molecule has 0 saturated carbocycles. The van der Waals surface area contributed by atoms with Gasteiger partial charge >= 0.3 is 0 Å². The molecule has 0 spiro atoms. The van der Waals surface area contributed by atoms with E-state index in [0.717, 1.165) is 12.6 Å². The highest BCUT2D eigenvalue weighted by atomic mass is 19.1. The number of aryl methyl sites for hydroxylation is 1. The number of benzene rings is 1. The molecule has 2 rings (SSSR count). The fourth-order valence-corrected chi connectivity index (χ4v) is 1.39. The zero-order chi connectivity index (χ0) is 12.3. The minimum absolute atomic E-state index is 0.225. The second-order valence-corrected chi connectivity index (χ2v) is 3.42. The molecule has 0 bridgehead atoms. The number of aromatic nitrogens is 2. The van der Waals surface area contributed by atoms with E-state index in [1.54, 1.807) is 17.1 Å². The Labute approximate surface area is 97.9 Å². The van der Waals surface area contributed by atoms with Gasteiger partial charge in [0.1, 0.15) is 11.6 Å². The van der Waals surface area contributed by atoms with Crippen molar-refractivity contribution < 1.29 is 9.13 Å². The maximum absolute atomic E-state index is 13.1. The molecule has 5 heteroatoms. The third kappa shape index (κ3) is 2.61. The van der Waals surface area contributed by atoms with Crippen LogP contribution in [0.15, 0.2) is 30.6 Å². The van der Waals surface area contributed by atoms with Gasteiger partial charge in [0.2, 0.25) is 0 Å². The molecule has 0 aliphatic heterocycles. The van der Waals surface area contributed by atoms with Crippen LogP contribution >= 0.6 is 0 Å². The summed E-state index contributed by atoms with van der Waals surface area (Å²) in [6.45, 7) is 2.68. The molecule has 0 atom stereocenters. The number of ether oxygens (including phenoxy) is 1. The first kappa shape index (κ1) is 11.1. The van der Waals surface area contributed by atoms with Crippen LogP contribution in [-0.2, 0) is 6.54 Å². The molecule has 1 heterocycles. The molecule has 0 amide bonds. The molecule has 86 valence electrons. The second kappa shape index (κ2) is 4.66. The number of hydrogen-bond acceptors (Lipinski definition) is 3. The average Bonchev–Trinajstić information content (AvgIpc) is 2.76. The summed E-state index contributed by atoms with van der Waals surface area (Å²) in [5.41, 5.74) is 0.225. The van der Waals surface area contributed by atoms with Crippen molar-refractivity contribution in [2.24, 2.45) is 0 Å². The van der Waals surface area contributed by atoms with Crippen LogP contribution in [0, 0.1) is 17.1 Å². The molecular weight excluding hydrogens is 221 g/mol. The van der Waals surface area contributed by atoms with E-state index in [4.69, 9.17) is 10.00 Å². The summed E-state index contributed by atoms with van der Waals surface area (Å²) in [5, 5.41) is 12.7. The topological polar surface area (TPSA) is 50.8 Å². The van der Waals surface area contributed by atoms with E-state index in [1.165, 1.54) is 12.1 Å². The van der Waals surface area contributed by atoms with Gasteiger partial charge in [0, 0.05) is 12.6 Å². The SMILES string of the molecule is CCn1cc(Oc2cc(F)cc(C#N)c2)cn1. The maximum atomic E-state index is 13.1. The third-order valence-electron chi connectivity index (χ3n) is 2.17. The summed E-state index contributed by atoms with van der Waals surface area (Å²) in [4.78, 5) is 0. The van der Waals surface area contributed by atoms with Crippen LogP contribution in [0.3, 0.4) is 0 Å². The molecule has 1 aromatic carbocycles. The third-order valence-corrected chi connectivity index (χ3v) is 2.17. The van der Waals surface area contributed by atoms with Gasteiger partial charge in [-0.3, -0.25) is 4.68 Å². The normalized spacial score (nSPS) is 9.94. The Kier molecular flexibility index (Phi) is 3.06. The molecule has 0 fully saturated rings. The first-order valence-electron chi connectivity index (χ1n) is 5.12. The highest BCUT2D eigenvalue weighted by Crippen LogP contribution is 2.22. The molecule has 0 unspecified atom stereocenters. The highest BCUT2D eigenvalue weighted by molar-refractivity contribution is 5.38.